The molecule has 2 amide bonds. The quantitative estimate of drug-likeness (QED) is 0.583. The number of piperidine rings is 1. The van der Waals surface area contributed by atoms with Crippen LogP contribution >= 0.6 is 0 Å². The van der Waals surface area contributed by atoms with Gasteiger partial charge in [-0.3, -0.25) is 4.90 Å². The molecule has 172 valence electrons. The molecule has 2 aliphatic rings. The molecular formula is C25H32FN3O3. The van der Waals surface area contributed by atoms with E-state index in [0.717, 1.165) is 75.7 Å². The average molecular weight is 442 g/mol. The van der Waals surface area contributed by atoms with Crippen LogP contribution < -0.4 is 14.4 Å². The lowest BCUT2D eigenvalue weighted by Gasteiger charge is -2.33. The third kappa shape index (κ3) is 5.71. The molecule has 6 nitrogen and oxygen atoms in total. The fourth-order valence-corrected chi connectivity index (χ4v) is 4.43. The summed E-state index contributed by atoms with van der Waals surface area (Å²) < 4.78 is 23.9. The van der Waals surface area contributed by atoms with Gasteiger partial charge < -0.3 is 19.3 Å². The van der Waals surface area contributed by atoms with E-state index in [-0.39, 0.29) is 11.8 Å². The molecule has 2 aromatic rings. The summed E-state index contributed by atoms with van der Waals surface area (Å²) >= 11 is 0. The third-order valence-electron chi connectivity index (χ3n) is 6.48. The van der Waals surface area contributed by atoms with Crippen LogP contribution in [-0.2, 0) is 0 Å². The SMILES string of the molecule is COc1ccc(N2CCN(CCN3CCC(CCOc4ccc(F)cc4)CC3)C2=O)cc1. The number of anilines is 1. The lowest BCUT2D eigenvalue weighted by atomic mass is 9.94. The first-order chi connectivity index (χ1) is 15.6. The number of likely N-dealkylation sites (tertiary alicyclic amines) is 1. The van der Waals surface area contributed by atoms with E-state index < -0.39 is 0 Å². The number of carbonyl (C=O) groups is 1. The summed E-state index contributed by atoms with van der Waals surface area (Å²) in [6.45, 7) is 5.96. The van der Waals surface area contributed by atoms with Gasteiger partial charge in [-0.25, -0.2) is 9.18 Å². The average Bonchev–Trinajstić information content (AvgIpc) is 3.20. The number of benzene rings is 2. The van der Waals surface area contributed by atoms with Gasteiger partial charge in [0, 0.05) is 31.9 Å². The van der Waals surface area contributed by atoms with Gasteiger partial charge in [0.1, 0.15) is 17.3 Å². The van der Waals surface area contributed by atoms with Crippen LogP contribution in [-0.4, -0.2) is 68.8 Å². The van der Waals surface area contributed by atoms with Crippen molar-refractivity contribution in [2.45, 2.75) is 19.3 Å². The number of halogens is 1. The van der Waals surface area contributed by atoms with E-state index in [1.54, 1.807) is 19.2 Å². The second kappa shape index (κ2) is 10.7. The minimum absolute atomic E-state index is 0.0861. The third-order valence-corrected chi connectivity index (χ3v) is 6.48. The van der Waals surface area contributed by atoms with Crippen LogP contribution in [0.3, 0.4) is 0 Å². The molecule has 2 fully saturated rings. The summed E-state index contributed by atoms with van der Waals surface area (Å²) in [6.07, 6.45) is 3.32. The molecule has 0 unspecified atom stereocenters. The first-order valence-electron chi connectivity index (χ1n) is 11.4. The highest BCUT2D eigenvalue weighted by Crippen LogP contribution is 2.24. The Bertz CT molecular complexity index is 867. The van der Waals surface area contributed by atoms with E-state index in [1.807, 2.05) is 34.1 Å². The van der Waals surface area contributed by atoms with E-state index in [2.05, 4.69) is 4.90 Å². The Hall–Kier alpha value is -2.80. The van der Waals surface area contributed by atoms with Crippen LogP contribution in [0.4, 0.5) is 14.9 Å². The van der Waals surface area contributed by atoms with Crippen molar-refractivity contribution in [3.63, 3.8) is 0 Å². The maximum absolute atomic E-state index is 13.0. The molecule has 2 heterocycles. The largest absolute Gasteiger partial charge is 0.497 e. The number of nitrogens with zero attached hydrogens (tertiary/aromatic N) is 3. The van der Waals surface area contributed by atoms with E-state index in [4.69, 9.17) is 9.47 Å². The maximum atomic E-state index is 13.0. The van der Waals surface area contributed by atoms with Gasteiger partial charge in [-0.15, -0.1) is 0 Å². The smallest absolute Gasteiger partial charge is 0.324 e. The van der Waals surface area contributed by atoms with Crippen molar-refractivity contribution in [1.29, 1.82) is 0 Å². The minimum Gasteiger partial charge on any atom is -0.497 e. The van der Waals surface area contributed by atoms with Crippen molar-refractivity contribution < 1.29 is 18.7 Å². The van der Waals surface area contributed by atoms with Crippen molar-refractivity contribution in [2.75, 3.05) is 57.9 Å². The number of urea groups is 1. The Morgan fingerprint density at radius 2 is 1.59 bits per heavy atom. The van der Waals surface area contributed by atoms with Gasteiger partial charge in [0.2, 0.25) is 0 Å². The summed E-state index contributed by atoms with van der Waals surface area (Å²) in [5.41, 5.74) is 0.918. The molecule has 32 heavy (non-hydrogen) atoms. The standard InChI is InChI=1S/C25H32FN3O3/c1-31-23-8-4-22(5-9-23)29-18-17-28(25(29)30)16-15-27-13-10-20(11-14-27)12-19-32-24-6-2-21(26)3-7-24/h2-9,20H,10-19H2,1H3. The molecule has 0 atom stereocenters. The summed E-state index contributed by atoms with van der Waals surface area (Å²) in [5.74, 6) is 1.94. The first kappa shape index (κ1) is 22.4. The molecule has 2 saturated heterocycles. The second-order valence-corrected chi connectivity index (χ2v) is 8.50. The van der Waals surface area contributed by atoms with Crippen LogP contribution in [0.2, 0.25) is 0 Å². The Labute approximate surface area is 189 Å². The zero-order valence-electron chi connectivity index (χ0n) is 18.7. The molecule has 0 saturated carbocycles. The second-order valence-electron chi connectivity index (χ2n) is 8.50. The van der Waals surface area contributed by atoms with Crippen molar-refractivity contribution in [3.05, 3.63) is 54.3 Å². The van der Waals surface area contributed by atoms with Gasteiger partial charge in [0.15, 0.2) is 0 Å². The Morgan fingerprint density at radius 1 is 0.906 bits per heavy atom. The molecule has 2 aromatic carbocycles. The Balaban J connectivity index is 1.14. The first-order valence-corrected chi connectivity index (χ1v) is 11.4. The number of methoxy groups -OCH3 is 1. The number of amides is 2. The van der Waals surface area contributed by atoms with Gasteiger partial charge in [-0.05, 0) is 86.8 Å². The van der Waals surface area contributed by atoms with E-state index >= 15 is 0 Å². The number of rotatable bonds is 9. The molecule has 0 aromatic heterocycles. The van der Waals surface area contributed by atoms with Crippen LogP contribution in [0.1, 0.15) is 19.3 Å². The fraction of sp³-hybridized carbons (Fsp3) is 0.480. The molecule has 0 spiro atoms. The normalized spacial score (nSPS) is 17.8. The summed E-state index contributed by atoms with van der Waals surface area (Å²) in [5, 5.41) is 0. The Kier molecular flexibility index (Phi) is 7.47. The number of hydrogen-bond acceptors (Lipinski definition) is 4. The predicted molar refractivity (Wildman–Crippen MR) is 123 cm³/mol. The highest BCUT2D eigenvalue weighted by atomic mass is 19.1. The highest BCUT2D eigenvalue weighted by Gasteiger charge is 2.30. The topological polar surface area (TPSA) is 45.2 Å². The number of carbonyl (C=O) groups excluding carboxylic acids is 1. The fourth-order valence-electron chi connectivity index (χ4n) is 4.43. The van der Waals surface area contributed by atoms with Gasteiger partial charge in [0.05, 0.1) is 13.7 Å². The van der Waals surface area contributed by atoms with Gasteiger partial charge in [0.25, 0.3) is 0 Å². The van der Waals surface area contributed by atoms with Gasteiger partial charge in [-0.1, -0.05) is 0 Å². The van der Waals surface area contributed by atoms with Crippen molar-refractivity contribution in [2.24, 2.45) is 5.92 Å². The zero-order chi connectivity index (χ0) is 22.3. The van der Waals surface area contributed by atoms with Crippen LogP contribution in [0.25, 0.3) is 0 Å². The summed E-state index contributed by atoms with van der Waals surface area (Å²) in [4.78, 5) is 19.1. The minimum atomic E-state index is -0.242. The molecular weight excluding hydrogens is 409 g/mol. The molecule has 0 bridgehead atoms. The highest BCUT2D eigenvalue weighted by molar-refractivity contribution is 5.94. The van der Waals surface area contributed by atoms with Gasteiger partial charge >= 0.3 is 6.03 Å². The Morgan fingerprint density at radius 3 is 2.28 bits per heavy atom. The van der Waals surface area contributed by atoms with Crippen LogP contribution in [0, 0.1) is 11.7 Å². The lowest BCUT2D eigenvalue weighted by Crippen LogP contribution is -2.41. The molecule has 0 N–H and O–H groups in total. The molecule has 0 aliphatic carbocycles. The van der Waals surface area contributed by atoms with Gasteiger partial charge in [-0.2, -0.15) is 0 Å². The van der Waals surface area contributed by atoms with Crippen molar-refractivity contribution in [3.8, 4) is 11.5 Å². The molecule has 2 aliphatic heterocycles. The summed E-state index contributed by atoms with van der Waals surface area (Å²) in [6, 6.07) is 13.9. The van der Waals surface area contributed by atoms with E-state index in [1.165, 1.54) is 12.1 Å². The number of hydrogen-bond donors (Lipinski definition) is 0. The van der Waals surface area contributed by atoms with E-state index in [9.17, 15) is 9.18 Å². The predicted octanol–water partition coefficient (Wildman–Crippen LogP) is 4.26. The van der Waals surface area contributed by atoms with Crippen molar-refractivity contribution >= 4 is 11.7 Å². The maximum Gasteiger partial charge on any atom is 0.324 e. The zero-order valence-corrected chi connectivity index (χ0v) is 18.7. The molecule has 7 heteroatoms. The van der Waals surface area contributed by atoms with E-state index in [0.29, 0.717) is 12.5 Å². The van der Waals surface area contributed by atoms with Crippen molar-refractivity contribution in [1.82, 2.24) is 9.80 Å². The number of ether oxygens (including phenoxy) is 2. The molecule has 4 rings (SSSR count). The summed E-state index contributed by atoms with van der Waals surface area (Å²) in [7, 11) is 1.64. The lowest BCUT2D eigenvalue weighted by molar-refractivity contribution is 0.151. The van der Waals surface area contributed by atoms with Crippen LogP contribution in [0.5, 0.6) is 11.5 Å². The monoisotopic (exact) mass is 441 g/mol. The molecule has 0 radical (unpaired) electrons. The van der Waals surface area contributed by atoms with Crippen LogP contribution in [0.15, 0.2) is 48.5 Å².